The maximum absolute atomic E-state index is 11.8. The van der Waals surface area contributed by atoms with Crippen LogP contribution in [0.15, 0.2) is 35.9 Å². The third-order valence-electron chi connectivity index (χ3n) is 2.74. The monoisotopic (exact) mass is 276 g/mol. The quantitative estimate of drug-likeness (QED) is 0.866. The largest absolute Gasteiger partial charge is 0.444 e. The lowest BCUT2D eigenvalue weighted by molar-refractivity contribution is 0.0545. The number of hydrogen-bond acceptors (Lipinski definition) is 5. The van der Waals surface area contributed by atoms with Gasteiger partial charge in [0.05, 0.1) is 29.8 Å². The van der Waals surface area contributed by atoms with E-state index in [2.05, 4.69) is 15.7 Å². The summed E-state index contributed by atoms with van der Waals surface area (Å²) in [6.07, 6.45) is 3.03. The van der Waals surface area contributed by atoms with Crippen molar-refractivity contribution in [3.63, 3.8) is 0 Å². The lowest BCUT2D eigenvalue weighted by atomic mass is 10.2. The first kappa shape index (κ1) is 14.3. The molecule has 0 fully saturated rings. The van der Waals surface area contributed by atoms with Crippen LogP contribution in [0.25, 0.3) is 0 Å². The van der Waals surface area contributed by atoms with Crippen molar-refractivity contribution >= 4 is 11.8 Å². The number of nitrogens with one attached hydrogen (secondary N) is 2. The standard InChI is InChI=1S/C14H20N4O2/c1-10-12(17-13(19)20-14(2,3)4)9-16-18(10)11-6-5-7-15-8-11/h5-8,16H,9H2,1-4H3,(H,17,19). The van der Waals surface area contributed by atoms with E-state index in [4.69, 9.17) is 4.74 Å². The maximum Gasteiger partial charge on any atom is 0.411 e. The molecule has 0 atom stereocenters. The molecule has 0 saturated carbocycles. The molecule has 6 nitrogen and oxygen atoms in total. The second-order valence-electron chi connectivity index (χ2n) is 5.57. The zero-order valence-electron chi connectivity index (χ0n) is 12.2. The van der Waals surface area contributed by atoms with Gasteiger partial charge in [0.15, 0.2) is 0 Å². The van der Waals surface area contributed by atoms with Crippen LogP contribution in [-0.2, 0) is 4.74 Å². The third-order valence-corrected chi connectivity index (χ3v) is 2.74. The van der Waals surface area contributed by atoms with E-state index in [0.29, 0.717) is 6.54 Å². The van der Waals surface area contributed by atoms with E-state index in [1.807, 2.05) is 44.8 Å². The van der Waals surface area contributed by atoms with Gasteiger partial charge >= 0.3 is 6.09 Å². The highest BCUT2D eigenvalue weighted by molar-refractivity contribution is 5.71. The molecule has 1 aliphatic heterocycles. The first-order valence-corrected chi connectivity index (χ1v) is 6.50. The van der Waals surface area contributed by atoms with Crippen LogP contribution >= 0.6 is 0 Å². The minimum absolute atomic E-state index is 0.443. The van der Waals surface area contributed by atoms with Crippen LogP contribution in [0, 0.1) is 0 Å². The fourth-order valence-corrected chi connectivity index (χ4v) is 1.87. The minimum Gasteiger partial charge on any atom is -0.444 e. The van der Waals surface area contributed by atoms with Gasteiger partial charge in [0.2, 0.25) is 0 Å². The maximum atomic E-state index is 11.8. The Bertz CT molecular complexity index is 520. The van der Waals surface area contributed by atoms with Gasteiger partial charge in [-0.25, -0.2) is 10.2 Å². The van der Waals surface area contributed by atoms with Gasteiger partial charge in [0.1, 0.15) is 5.60 Å². The third kappa shape index (κ3) is 3.48. The highest BCUT2D eigenvalue weighted by Gasteiger charge is 2.23. The molecule has 0 bridgehead atoms. The van der Waals surface area contributed by atoms with Crippen molar-refractivity contribution in [2.45, 2.75) is 33.3 Å². The molecule has 1 amide bonds. The van der Waals surface area contributed by atoms with E-state index < -0.39 is 11.7 Å². The normalized spacial score (nSPS) is 15.5. The number of pyridine rings is 1. The number of hydrazine groups is 1. The average Bonchev–Trinajstić information content (AvgIpc) is 2.70. The Morgan fingerprint density at radius 1 is 1.50 bits per heavy atom. The lowest BCUT2D eigenvalue weighted by Crippen LogP contribution is -2.33. The number of carbonyl (C=O) groups excluding carboxylic acids is 1. The van der Waals surface area contributed by atoms with Crippen LogP contribution in [-0.4, -0.2) is 23.2 Å². The number of carbonyl (C=O) groups is 1. The number of allylic oxidation sites excluding steroid dienone is 1. The molecule has 0 radical (unpaired) electrons. The molecule has 0 aromatic carbocycles. The van der Waals surface area contributed by atoms with Gasteiger partial charge < -0.3 is 4.74 Å². The van der Waals surface area contributed by atoms with Crippen molar-refractivity contribution in [3.05, 3.63) is 35.9 Å². The van der Waals surface area contributed by atoms with Gasteiger partial charge in [-0.3, -0.25) is 15.3 Å². The second-order valence-corrected chi connectivity index (χ2v) is 5.57. The number of anilines is 1. The van der Waals surface area contributed by atoms with Crippen LogP contribution in [0.1, 0.15) is 27.7 Å². The molecule has 1 aliphatic rings. The number of aromatic nitrogens is 1. The van der Waals surface area contributed by atoms with E-state index in [1.54, 1.807) is 12.4 Å². The summed E-state index contributed by atoms with van der Waals surface area (Å²) in [6.45, 7) is 7.98. The zero-order valence-corrected chi connectivity index (χ0v) is 12.2. The molecule has 20 heavy (non-hydrogen) atoms. The van der Waals surface area contributed by atoms with Crippen molar-refractivity contribution in [3.8, 4) is 0 Å². The number of amides is 1. The lowest BCUT2D eigenvalue weighted by Gasteiger charge is -2.20. The number of ether oxygens (including phenoxy) is 1. The summed E-state index contributed by atoms with van der Waals surface area (Å²) >= 11 is 0. The summed E-state index contributed by atoms with van der Waals surface area (Å²) < 4.78 is 5.25. The minimum atomic E-state index is -0.506. The number of rotatable bonds is 2. The van der Waals surface area contributed by atoms with E-state index in [9.17, 15) is 4.79 Å². The molecular formula is C14H20N4O2. The summed E-state index contributed by atoms with van der Waals surface area (Å²) in [4.78, 5) is 15.9. The molecule has 6 heteroatoms. The fraction of sp³-hybridized carbons (Fsp3) is 0.429. The summed E-state index contributed by atoms with van der Waals surface area (Å²) in [5.41, 5.74) is 5.32. The van der Waals surface area contributed by atoms with Crippen LogP contribution < -0.4 is 15.8 Å². The molecule has 2 rings (SSSR count). The molecule has 1 aromatic heterocycles. The molecular weight excluding hydrogens is 256 g/mol. The molecule has 1 aromatic rings. The Morgan fingerprint density at radius 3 is 2.85 bits per heavy atom. The molecule has 0 spiro atoms. The predicted molar refractivity (Wildman–Crippen MR) is 76.8 cm³/mol. The van der Waals surface area contributed by atoms with Crippen molar-refractivity contribution in [1.82, 2.24) is 15.7 Å². The summed E-state index contributed by atoms with van der Waals surface area (Å²) in [5.74, 6) is 0. The van der Waals surface area contributed by atoms with Crippen molar-refractivity contribution < 1.29 is 9.53 Å². The zero-order chi connectivity index (χ0) is 14.8. The Labute approximate surface area is 118 Å². The Hall–Kier alpha value is -2.08. The van der Waals surface area contributed by atoms with Crippen molar-refractivity contribution in [1.29, 1.82) is 0 Å². The second kappa shape index (κ2) is 5.50. The SMILES string of the molecule is CC1=C(NC(=O)OC(C)(C)C)CNN1c1cccnc1. The number of hydrogen-bond donors (Lipinski definition) is 2. The smallest absolute Gasteiger partial charge is 0.411 e. The van der Waals surface area contributed by atoms with E-state index >= 15 is 0 Å². The van der Waals surface area contributed by atoms with Crippen LogP contribution in [0.2, 0.25) is 0 Å². The van der Waals surface area contributed by atoms with Gasteiger partial charge in [0.25, 0.3) is 0 Å². The highest BCUT2D eigenvalue weighted by atomic mass is 16.6. The van der Waals surface area contributed by atoms with Gasteiger partial charge in [-0.15, -0.1) is 0 Å². The molecule has 2 N–H and O–H groups in total. The first-order valence-electron chi connectivity index (χ1n) is 6.50. The predicted octanol–water partition coefficient (Wildman–Crippen LogP) is 2.16. The van der Waals surface area contributed by atoms with Gasteiger partial charge in [-0.2, -0.15) is 0 Å². The van der Waals surface area contributed by atoms with Gasteiger partial charge in [-0.1, -0.05) is 0 Å². The Morgan fingerprint density at radius 2 is 2.25 bits per heavy atom. The van der Waals surface area contributed by atoms with E-state index in [0.717, 1.165) is 17.1 Å². The summed E-state index contributed by atoms with van der Waals surface area (Å²) in [6, 6.07) is 3.81. The average molecular weight is 276 g/mol. The molecule has 108 valence electrons. The number of nitrogens with zero attached hydrogens (tertiary/aromatic N) is 2. The van der Waals surface area contributed by atoms with Crippen LogP contribution in [0.3, 0.4) is 0 Å². The number of alkyl carbamates (subject to hydrolysis) is 1. The topological polar surface area (TPSA) is 66.5 Å². The van der Waals surface area contributed by atoms with E-state index in [1.165, 1.54) is 0 Å². The van der Waals surface area contributed by atoms with Crippen LogP contribution in [0.5, 0.6) is 0 Å². The van der Waals surface area contributed by atoms with Crippen molar-refractivity contribution in [2.75, 3.05) is 11.6 Å². The molecule has 2 heterocycles. The Kier molecular flexibility index (Phi) is 3.94. The van der Waals surface area contributed by atoms with Gasteiger partial charge in [-0.05, 0) is 39.8 Å². The van der Waals surface area contributed by atoms with Crippen LogP contribution in [0.4, 0.5) is 10.5 Å². The summed E-state index contributed by atoms with van der Waals surface area (Å²) in [7, 11) is 0. The molecule has 0 unspecified atom stereocenters. The van der Waals surface area contributed by atoms with Gasteiger partial charge in [0, 0.05) is 6.20 Å². The highest BCUT2D eigenvalue weighted by Crippen LogP contribution is 2.21. The fourth-order valence-electron chi connectivity index (χ4n) is 1.87. The van der Waals surface area contributed by atoms with E-state index in [-0.39, 0.29) is 0 Å². The molecule has 0 aliphatic carbocycles. The first-order chi connectivity index (χ1) is 9.37. The molecule has 0 saturated heterocycles. The summed E-state index contributed by atoms with van der Waals surface area (Å²) in [5, 5.41) is 4.67. The Balaban J connectivity index is 2.06. The van der Waals surface area contributed by atoms with Crippen molar-refractivity contribution in [2.24, 2.45) is 0 Å².